The van der Waals surface area contributed by atoms with E-state index in [-0.39, 0.29) is 61.7 Å². The van der Waals surface area contributed by atoms with Gasteiger partial charge in [-0.2, -0.15) is 13.2 Å². The molecule has 2 saturated carbocycles. The number of halogens is 3. The second kappa shape index (κ2) is 42.2. The first-order valence-electron chi connectivity index (χ1n) is 38.3. The molecular weight excluding hydrogens is 1370 g/mol. The van der Waals surface area contributed by atoms with E-state index in [2.05, 4.69) is 21.3 Å². The van der Waals surface area contributed by atoms with E-state index >= 15 is 28.8 Å². The normalized spacial score (nSPS) is 26.5. The number of alkyl halides is 3. The first-order valence-corrected chi connectivity index (χ1v) is 38.3. The molecule has 0 spiro atoms. The van der Waals surface area contributed by atoms with Crippen molar-refractivity contribution in [2.45, 2.75) is 277 Å². The average Bonchev–Trinajstić information content (AvgIpc) is 0.815. The molecule has 4 aliphatic rings. The maximum absolute atomic E-state index is 15.5. The van der Waals surface area contributed by atoms with Gasteiger partial charge in [0.2, 0.25) is 70.9 Å². The molecule has 4 fully saturated rings. The molecule has 0 aromatic carbocycles. The van der Waals surface area contributed by atoms with Gasteiger partial charge in [-0.05, 0) is 108 Å². The highest BCUT2D eigenvalue weighted by atomic mass is 19.4. The number of amides is 12. The fraction of sp³-hybridized carbons (Fsp3) is 0.840. The summed E-state index contributed by atoms with van der Waals surface area (Å²) in [5.74, 6) is -10.8. The molecule has 2 saturated heterocycles. The van der Waals surface area contributed by atoms with Gasteiger partial charge >= 0.3 is 6.18 Å². The summed E-state index contributed by atoms with van der Waals surface area (Å²) in [5, 5.41) is 21.2. The number of carbonyl (C=O) groups excluding carboxylic acids is 12. The van der Waals surface area contributed by atoms with Crippen molar-refractivity contribution in [3.63, 3.8) is 0 Å². The molecule has 4 rings (SSSR count). The summed E-state index contributed by atoms with van der Waals surface area (Å²) in [4.78, 5) is 190. The van der Waals surface area contributed by atoms with E-state index in [1.165, 1.54) is 64.0 Å². The van der Waals surface area contributed by atoms with Gasteiger partial charge in [-0.15, -0.1) is 0 Å². The number of aliphatic hydroxyl groups excluding tert-OH is 1. The van der Waals surface area contributed by atoms with Gasteiger partial charge in [-0.3, -0.25) is 57.5 Å². The third-order valence-electron chi connectivity index (χ3n) is 21.1. The van der Waals surface area contributed by atoms with Crippen LogP contribution in [0, 0.1) is 35.5 Å². The van der Waals surface area contributed by atoms with Crippen molar-refractivity contribution in [3.8, 4) is 0 Å². The fourth-order valence-electron chi connectivity index (χ4n) is 14.2. The van der Waals surface area contributed by atoms with Crippen molar-refractivity contribution >= 4 is 70.9 Å². The number of hydrogen-bond acceptors (Lipinski definition) is 15. The Morgan fingerprint density at radius 3 is 1.34 bits per heavy atom. The number of hydrogen-bond donors (Lipinski definition) is 5. The molecule has 30 heteroatoms. The van der Waals surface area contributed by atoms with Crippen molar-refractivity contribution in [1.82, 2.24) is 60.5 Å². The molecule has 2 heterocycles. The molecule has 0 aromatic rings. The van der Waals surface area contributed by atoms with E-state index < -0.39 is 188 Å². The summed E-state index contributed by atoms with van der Waals surface area (Å²) in [7, 11) is 9.55. The number of rotatable bonds is 19. The third kappa shape index (κ3) is 28.1. The van der Waals surface area contributed by atoms with Crippen LogP contribution in [-0.4, -0.2) is 283 Å². The van der Waals surface area contributed by atoms with Gasteiger partial charge in [0.05, 0.1) is 44.9 Å². The number of likely N-dealkylation sites (N-methyl/N-ethyl adjacent to an activating group) is 7. The maximum Gasteiger partial charge on any atom is 0.416 e. The van der Waals surface area contributed by atoms with Gasteiger partial charge in [-0.1, -0.05) is 126 Å². The molecule has 0 radical (unpaired) electrons. The highest BCUT2D eigenvalue weighted by Crippen LogP contribution is 2.32. The number of likely N-dealkylation sites (tertiary alicyclic amines) is 1. The predicted octanol–water partition coefficient (Wildman–Crippen LogP) is 5.27. The van der Waals surface area contributed by atoms with E-state index in [4.69, 9.17) is 9.47 Å². The van der Waals surface area contributed by atoms with E-state index in [1.807, 2.05) is 27.7 Å². The van der Waals surface area contributed by atoms with Crippen LogP contribution in [-0.2, 0) is 67.0 Å². The minimum absolute atomic E-state index is 0.00679. The molecule has 12 amide bonds. The minimum Gasteiger partial charge on any atom is -0.382 e. The van der Waals surface area contributed by atoms with Crippen LogP contribution in [0.5, 0.6) is 0 Å². The quantitative estimate of drug-likeness (QED) is 0.110. The largest absolute Gasteiger partial charge is 0.416 e. The summed E-state index contributed by atoms with van der Waals surface area (Å²) < 4.78 is 52.8. The van der Waals surface area contributed by atoms with Crippen LogP contribution in [0.2, 0.25) is 0 Å². The number of carbonyl (C=O) groups is 12. The SMILES string of the molecule is CC[C@H](C)[C@@H]1NC(=O)[C@H](CC(C)C)N(C)C(=O)[C@H](COCC(O)C(F)(F)F)NC(=O)[C@H](CC2CCCCC2)N(C)C(=O)CN(C)C(=O)C[C@@H](C(=O)N2CCCCC2)NC(=O)[C@H](CC(C)C)N(C)C(=O)[C@H](COC(C)(C)C)NC(=O)[C@H](CC(C)C)N(C)C(=O)[C@H](CC2CCCCC2)N(C)C(=O)CN(C)C1=O. The lowest BCUT2D eigenvalue weighted by molar-refractivity contribution is -0.217. The topological polar surface area (TPSA) is 318 Å². The smallest absolute Gasteiger partial charge is 0.382 e. The monoisotopic (exact) mass is 1490 g/mol. The molecule has 0 bridgehead atoms. The Bertz CT molecular complexity index is 2900. The van der Waals surface area contributed by atoms with Gasteiger partial charge in [0.15, 0.2) is 6.10 Å². The highest BCUT2D eigenvalue weighted by molar-refractivity contribution is 5.99. The Morgan fingerprint density at radius 1 is 0.495 bits per heavy atom. The lowest BCUT2D eigenvalue weighted by atomic mass is 9.84. The van der Waals surface area contributed by atoms with E-state index in [9.17, 15) is 47.0 Å². The lowest BCUT2D eigenvalue weighted by Crippen LogP contribution is -2.62. The number of aliphatic hydroxyl groups is 1. The number of nitrogens with one attached hydrogen (secondary N) is 4. The summed E-state index contributed by atoms with van der Waals surface area (Å²) in [6.07, 6.45) is 2.04. The molecule has 600 valence electrons. The zero-order valence-electron chi connectivity index (χ0n) is 66.2. The first-order chi connectivity index (χ1) is 49.0. The molecule has 0 aromatic heterocycles. The summed E-state index contributed by atoms with van der Waals surface area (Å²) >= 11 is 0. The number of ether oxygens (including phenoxy) is 2. The minimum atomic E-state index is -5.14. The molecule has 2 aliphatic heterocycles. The second-order valence-corrected chi connectivity index (χ2v) is 32.4. The molecule has 27 nitrogen and oxygen atoms in total. The Labute approximate surface area is 621 Å². The Hall–Kier alpha value is -6.69. The lowest BCUT2D eigenvalue weighted by Gasteiger charge is -2.38. The van der Waals surface area contributed by atoms with Crippen molar-refractivity contribution in [2.24, 2.45) is 35.5 Å². The van der Waals surface area contributed by atoms with Crippen molar-refractivity contribution < 1.29 is 85.3 Å². The molecule has 11 atom stereocenters. The van der Waals surface area contributed by atoms with Crippen LogP contribution >= 0.6 is 0 Å². The Balaban J connectivity index is 1.98. The van der Waals surface area contributed by atoms with Gasteiger partial charge in [0.1, 0.15) is 54.4 Å². The summed E-state index contributed by atoms with van der Waals surface area (Å²) in [6.45, 7) is 16.3. The van der Waals surface area contributed by atoms with Gasteiger partial charge < -0.3 is 75.0 Å². The summed E-state index contributed by atoms with van der Waals surface area (Å²) in [6, 6.07) is -12.8. The predicted molar refractivity (Wildman–Crippen MR) is 390 cm³/mol. The Kier molecular flexibility index (Phi) is 36.4. The van der Waals surface area contributed by atoms with E-state index in [0.29, 0.717) is 45.2 Å². The first kappa shape index (κ1) is 90.7. The molecule has 1 unspecified atom stereocenters. The van der Waals surface area contributed by atoms with Crippen LogP contribution in [0.4, 0.5) is 13.2 Å². The van der Waals surface area contributed by atoms with Crippen LogP contribution in [0.1, 0.15) is 205 Å². The zero-order chi connectivity index (χ0) is 79.1. The van der Waals surface area contributed by atoms with E-state index in [1.54, 1.807) is 53.4 Å². The number of piperidine rings is 1. The number of nitrogens with zero attached hydrogens (tertiary/aromatic N) is 8. The van der Waals surface area contributed by atoms with Crippen molar-refractivity contribution in [2.75, 3.05) is 95.3 Å². The van der Waals surface area contributed by atoms with Gasteiger partial charge in [0, 0.05) is 62.4 Å². The third-order valence-corrected chi connectivity index (χ3v) is 21.1. The van der Waals surface area contributed by atoms with E-state index in [0.717, 1.165) is 77.4 Å². The zero-order valence-corrected chi connectivity index (χ0v) is 66.2. The summed E-state index contributed by atoms with van der Waals surface area (Å²) in [5.41, 5.74) is -0.861. The fourth-order valence-corrected chi connectivity index (χ4v) is 14.2. The average molecular weight is 1500 g/mol. The van der Waals surface area contributed by atoms with Gasteiger partial charge in [-0.25, -0.2) is 0 Å². The molecule has 2 aliphatic carbocycles. The van der Waals surface area contributed by atoms with Crippen LogP contribution in [0.15, 0.2) is 0 Å². The van der Waals surface area contributed by atoms with Crippen LogP contribution in [0.3, 0.4) is 0 Å². The van der Waals surface area contributed by atoms with Crippen LogP contribution in [0.25, 0.3) is 0 Å². The highest BCUT2D eigenvalue weighted by Gasteiger charge is 2.45. The molecule has 5 N–H and O–H groups in total. The van der Waals surface area contributed by atoms with Crippen molar-refractivity contribution in [3.05, 3.63) is 0 Å². The molecule has 105 heavy (non-hydrogen) atoms. The standard InChI is InChI=1S/C75H129F3N12O15/c1-19-49(8)64-73(103)84(13)42-63(94)86(15)59(39-51-31-25-21-26-32-51)72(102)89(18)56(36-47(4)5)66(96)81-54(44-105-74(9,10)11)70(100)87(16)55(35-46(2)3)65(95)79-52(71(101)90-33-27-22-28-34-90)40-61(92)83(12)41-62(93)85(14)58(38-50-29-23-20-24-30-50)67(97)80-53(43-104-45-60(91)75(76,77)78)69(99)88(17)57(37-48(6)7)68(98)82-64/h46-60,64,91H,19-45H2,1-18H3,(H,79,95)(H,80,97)(H,81,96)(H,82,98)/t49-,52-,53-,54-,55-,56-,57-,58-,59-,60?,64-/m0/s1. The van der Waals surface area contributed by atoms with Crippen molar-refractivity contribution in [1.29, 1.82) is 0 Å². The maximum atomic E-state index is 15.5. The van der Waals surface area contributed by atoms with Gasteiger partial charge in [0.25, 0.3) is 0 Å². The molecular formula is C75H129F3N12O15. The Morgan fingerprint density at radius 2 is 0.895 bits per heavy atom. The van der Waals surface area contributed by atoms with Crippen LogP contribution < -0.4 is 21.3 Å². The second-order valence-electron chi connectivity index (χ2n) is 32.4.